The van der Waals surface area contributed by atoms with Crippen LogP contribution in [-0.2, 0) is 4.74 Å². The van der Waals surface area contributed by atoms with Crippen LogP contribution in [0.15, 0.2) is 42.0 Å². The van der Waals surface area contributed by atoms with Crippen LogP contribution in [0.25, 0.3) is 26.0 Å². The van der Waals surface area contributed by atoms with Crippen molar-refractivity contribution in [2.24, 2.45) is 0 Å². The average Bonchev–Trinajstić information content (AvgIpc) is 3.62. The molecule has 0 radical (unpaired) electrons. The zero-order valence-electron chi connectivity index (χ0n) is 19.0. The number of hydrogen-bond acceptors (Lipinski definition) is 7. The number of rotatable bonds is 4. The van der Waals surface area contributed by atoms with E-state index in [2.05, 4.69) is 39.3 Å². The highest BCUT2D eigenvalue weighted by atomic mass is 32.1. The molecule has 1 unspecified atom stereocenters. The van der Waals surface area contributed by atoms with Crippen molar-refractivity contribution in [1.82, 2.24) is 14.9 Å². The first-order chi connectivity index (χ1) is 16.2. The molecule has 1 atom stereocenters. The van der Waals surface area contributed by atoms with Crippen molar-refractivity contribution >= 4 is 60.1 Å². The molecule has 0 amide bonds. The molecular weight excluding hydrogens is 455 g/mol. The number of ether oxygens (including phenoxy) is 1. The number of anilines is 2. The van der Waals surface area contributed by atoms with E-state index >= 15 is 0 Å². The minimum absolute atomic E-state index is 0.0367. The zero-order chi connectivity index (χ0) is 23.0. The van der Waals surface area contributed by atoms with Gasteiger partial charge in [0.25, 0.3) is 0 Å². The fourth-order valence-corrected chi connectivity index (χ4v) is 6.66. The summed E-state index contributed by atoms with van der Waals surface area (Å²) < 4.78 is 21.4. The third-order valence-corrected chi connectivity index (χ3v) is 8.26. The summed E-state index contributed by atoms with van der Waals surface area (Å²) in [6.07, 6.45) is 5.13. The third kappa shape index (κ3) is 3.75. The van der Waals surface area contributed by atoms with Gasteiger partial charge in [0.2, 0.25) is 0 Å². The Morgan fingerprint density at radius 3 is 2.88 bits per heavy atom. The molecule has 5 nitrogen and oxygen atoms in total. The molecule has 33 heavy (non-hydrogen) atoms. The number of halogens is 1. The van der Waals surface area contributed by atoms with E-state index in [4.69, 9.17) is 4.74 Å². The predicted molar refractivity (Wildman–Crippen MR) is 137 cm³/mol. The van der Waals surface area contributed by atoms with Gasteiger partial charge in [-0.25, -0.2) is 14.4 Å². The summed E-state index contributed by atoms with van der Waals surface area (Å²) in [6, 6.07) is 7.41. The molecule has 1 spiro atoms. The van der Waals surface area contributed by atoms with Gasteiger partial charge in [0, 0.05) is 29.6 Å². The maximum atomic E-state index is 14.7. The summed E-state index contributed by atoms with van der Waals surface area (Å²) in [7, 11) is 0. The lowest BCUT2D eigenvalue weighted by Gasteiger charge is -2.35. The van der Waals surface area contributed by atoms with Crippen LogP contribution in [0.5, 0.6) is 0 Å². The molecular formula is C25H27FN4OS2. The fourth-order valence-electron chi connectivity index (χ4n) is 4.82. The standard InChI is InChI=1S/C23H21FN4OS2.C2H6/c1-2-28-7-4-15(23(28)5-8-29-12-23)20-9-14-17(3-6-25-22(14)31-20)27-18-11-19-21(10-16(18)24)30-13-26-19;1-2/h3-4,6,9-11,13H,2,5,7-8,12H2,1H3,(H,25,27);1-2H3. The van der Waals surface area contributed by atoms with Crippen LogP contribution in [-0.4, -0.2) is 46.7 Å². The molecule has 1 aromatic carbocycles. The summed E-state index contributed by atoms with van der Waals surface area (Å²) >= 11 is 3.13. The van der Waals surface area contributed by atoms with Gasteiger partial charge in [0.15, 0.2) is 0 Å². The van der Waals surface area contributed by atoms with Gasteiger partial charge in [0.1, 0.15) is 10.6 Å². The van der Waals surface area contributed by atoms with Crippen molar-refractivity contribution in [2.45, 2.75) is 32.7 Å². The largest absolute Gasteiger partial charge is 0.379 e. The third-order valence-electron chi connectivity index (χ3n) is 6.40. The summed E-state index contributed by atoms with van der Waals surface area (Å²) in [6.45, 7) is 9.68. The second-order valence-corrected chi connectivity index (χ2v) is 9.87. The van der Waals surface area contributed by atoms with Gasteiger partial charge < -0.3 is 10.1 Å². The molecule has 6 rings (SSSR count). The summed E-state index contributed by atoms with van der Waals surface area (Å²) in [4.78, 5) is 13.6. The van der Waals surface area contributed by atoms with Gasteiger partial charge >= 0.3 is 0 Å². The first-order valence-corrected chi connectivity index (χ1v) is 13.1. The molecule has 3 aromatic heterocycles. The Labute approximate surface area is 200 Å². The van der Waals surface area contributed by atoms with Crippen LogP contribution in [0.4, 0.5) is 15.8 Å². The molecule has 0 bridgehead atoms. The molecule has 8 heteroatoms. The number of thiophene rings is 1. The highest BCUT2D eigenvalue weighted by molar-refractivity contribution is 7.19. The Hall–Kier alpha value is -2.39. The molecule has 0 saturated carbocycles. The number of aromatic nitrogens is 2. The molecule has 2 aliphatic rings. The van der Waals surface area contributed by atoms with E-state index in [1.54, 1.807) is 35.2 Å². The van der Waals surface area contributed by atoms with Crippen LogP contribution in [0, 0.1) is 5.82 Å². The van der Waals surface area contributed by atoms with E-state index in [0.29, 0.717) is 5.69 Å². The van der Waals surface area contributed by atoms with E-state index in [-0.39, 0.29) is 11.4 Å². The van der Waals surface area contributed by atoms with Crippen molar-refractivity contribution in [3.8, 4) is 0 Å². The Balaban J connectivity index is 0.00000111. The first kappa shape index (κ1) is 22.4. The van der Waals surface area contributed by atoms with Crippen LogP contribution in [0.2, 0.25) is 0 Å². The van der Waals surface area contributed by atoms with Gasteiger partial charge in [-0.3, -0.25) is 4.90 Å². The van der Waals surface area contributed by atoms with Gasteiger partial charge in [-0.2, -0.15) is 0 Å². The molecule has 4 aromatic rings. The highest BCUT2D eigenvalue weighted by Gasteiger charge is 2.46. The average molecular weight is 483 g/mol. The fraction of sp³-hybridized carbons (Fsp3) is 0.360. The van der Waals surface area contributed by atoms with Gasteiger partial charge in [-0.05, 0) is 42.8 Å². The number of benzene rings is 1. The molecule has 1 fully saturated rings. The quantitative estimate of drug-likeness (QED) is 0.351. The van der Waals surface area contributed by atoms with Crippen LogP contribution >= 0.6 is 22.7 Å². The van der Waals surface area contributed by atoms with E-state index in [1.807, 2.05) is 19.9 Å². The molecule has 5 heterocycles. The highest BCUT2D eigenvalue weighted by Crippen LogP contribution is 2.46. The Morgan fingerprint density at radius 2 is 2.09 bits per heavy atom. The SMILES string of the molecule is CC.CCN1CC=C(c2cc3c(Nc4cc5ncsc5cc4F)ccnc3s2)C12CCOC2. The molecule has 0 aliphatic carbocycles. The minimum Gasteiger partial charge on any atom is -0.379 e. The lowest BCUT2D eigenvalue weighted by Crippen LogP contribution is -2.46. The lowest BCUT2D eigenvalue weighted by molar-refractivity contribution is 0.129. The Kier molecular flexibility index (Phi) is 6.18. The number of fused-ring (bicyclic) bond motifs is 2. The molecule has 2 aliphatic heterocycles. The van der Waals surface area contributed by atoms with Gasteiger partial charge in [0.05, 0.1) is 39.2 Å². The van der Waals surface area contributed by atoms with Crippen molar-refractivity contribution in [2.75, 3.05) is 31.6 Å². The van der Waals surface area contributed by atoms with Crippen molar-refractivity contribution in [1.29, 1.82) is 0 Å². The maximum absolute atomic E-state index is 14.7. The van der Waals surface area contributed by atoms with Crippen molar-refractivity contribution in [3.05, 3.63) is 52.7 Å². The zero-order valence-corrected chi connectivity index (χ0v) is 20.7. The number of thiazole rings is 1. The molecule has 1 N–H and O–H groups in total. The second-order valence-electron chi connectivity index (χ2n) is 7.96. The summed E-state index contributed by atoms with van der Waals surface area (Å²) in [5, 5.41) is 4.29. The molecule has 1 saturated heterocycles. The Morgan fingerprint density at radius 1 is 1.21 bits per heavy atom. The molecule has 172 valence electrons. The second kappa shape index (κ2) is 9.10. The monoisotopic (exact) mass is 482 g/mol. The lowest BCUT2D eigenvalue weighted by atomic mass is 9.88. The van der Waals surface area contributed by atoms with E-state index < -0.39 is 0 Å². The summed E-state index contributed by atoms with van der Waals surface area (Å²) in [5.74, 6) is -0.281. The van der Waals surface area contributed by atoms with Crippen LogP contribution in [0.1, 0.15) is 32.1 Å². The van der Waals surface area contributed by atoms with Gasteiger partial charge in [-0.15, -0.1) is 22.7 Å². The topological polar surface area (TPSA) is 50.3 Å². The predicted octanol–water partition coefficient (Wildman–Crippen LogP) is 6.69. The maximum Gasteiger partial charge on any atom is 0.148 e. The smallest absolute Gasteiger partial charge is 0.148 e. The minimum atomic E-state index is -0.281. The number of nitrogens with zero attached hydrogens (tertiary/aromatic N) is 3. The van der Waals surface area contributed by atoms with E-state index in [9.17, 15) is 4.39 Å². The number of likely N-dealkylation sites (N-methyl/N-ethyl adjacent to an activating group) is 1. The number of hydrogen-bond donors (Lipinski definition) is 1. The summed E-state index contributed by atoms with van der Waals surface area (Å²) in [5.41, 5.74) is 5.12. The van der Waals surface area contributed by atoms with E-state index in [0.717, 1.165) is 58.8 Å². The van der Waals surface area contributed by atoms with Gasteiger partial charge in [-0.1, -0.05) is 26.8 Å². The number of nitrogens with one attached hydrogen (secondary N) is 1. The number of pyridine rings is 1. The van der Waals surface area contributed by atoms with Crippen molar-refractivity contribution < 1.29 is 9.13 Å². The van der Waals surface area contributed by atoms with Crippen LogP contribution < -0.4 is 5.32 Å². The van der Waals surface area contributed by atoms with Crippen molar-refractivity contribution in [3.63, 3.8) is 0 Å². The van der Waals surface area contributed by atoms with E-state index in [1.165, 1.54) is 21.8 Å². The Bertz CT molecular complexity index is 1320. The normalized spacial score (nSPS) is 20.4. The van der Waals surface area contributed by atoms with Crippen LogP contribution in [0.3, 0.4) is 0 Å². The first-order valence-electron chi connectivity index (χ1n) is 11.4.